The molecule has 0 saturated carbocycles. The van der Waals surface area contributed by atoms with E-state index in [0.717, 1.165) is 12.2 Å². The molecule has 3 heteroatoms. The summed E-state index contributed by atoms with van der Waals surface area (Å²) in [4.78, 5) is 0. The average molecular weight is 237 g/mol. The third-order valence-corrected chi connectivity index (χ3v) is 2.82. The maximum atomic E-state index is 9.49. The number of hydrogen-bond donors (Lipinski definition) is 2. The van der Waals surface area contributed by atoms with Crippen LogP contribution in [0, 0.1) is 0 Å². The minimum Gasteiger partial charge on any atom is -0.494 e. The molecule has 0 bridgehead atoms. The molecule has 0 amide bonds. The first-order valence-electron chi connectivity index (χ1n) is 6.31. The Bertz CT molecular complexity index is 311. The molecule has 0 spiro atoms. The molecular weight excluding hydrogens is 214 g/mol. The van der Waals surface area contributed by atoms with Crippen molar-refractivity contribution in [2.75, 3.05) is 13.2 Å². The summed E-state index contributed by atoms with van der Waals surface area (Å²) < 4.78 is 5.40. The highest BCUT2D eigenvalue weighted by atomic mass is 16.5. The van der Waals surface area contributed by atoms with Gasteiger partial charge in [-0.3, -0.25) is 0 Å². The molecular formula is C14H23NO2. The van der Waals surface area contributed by atoms with E-state index >= 15 is 0 Å². The van der Waals surface area contributed by atoms with E-state index in [1.54, 1.807) is 0 Å². The Balaban J connectivity index is 2.48. The zero-order valence-electron chi connectivity index (χ0n) is 10.9. The number of ether oxygens (including phenoxy) is 1. The minimum atomic E-state index is -0.264. The van der Waals surface area contributed by atoms with Crippen LogP contribution in [-0.4, -0.2) is 24.4 Å². The Morgan fingerprint density at radius 2 is 1.88 bits per heavy atom. The van der Waals surface area contributed by atoms with Crippen LogP contribution >= 0.6 is 0 Å². The highest BCUT2D eigenvalue weighted by molar-refractivity contribution is 5.28. The lowest BCUT2D eigenvalue weighted by atomic mass is 10.1. The summed E-state index contributed by atoms with van der Waals surface area (Å²) in [5.41, 5.74) is 1.21. The Kier molecular flexibility index (Phi) is 6.01. The second-order valence-electron chi connectivity index (χ2n) is 4.19. The van der Waals surface area contributed by atoms with Crippen molar-refractivity contribution in [3.05, 3.63) is 29.8 Å². The van der Waals surface area contributed by atoms with Crippen molar-refractivity contribution in [3.8, 4) is 5.75 Å². The van der Waals surface area contributed by atoms with Crippen molar-refractivity contribution in [3.63, 3.8) is 0 Å². The fourth-order valence-electron chi connectivity index (χ4n) is 1.59. The van der Waals surface area contributed by atoms with Crippen LogP contribution in [0.2, 0.25) is 0 Å². The van der Waals surface area contributed by atoms with E-state index in [1.165, 1.54) is 5.56 Å². The van der Waals surface area contributed by atoms with E-state index < -0.39 is 0 Å². The van der Waals surface area contributed by atoms with E-state index in [9.17, 15) is 5.11 Å². The van der Waals surface area contributed by atoms with Crippen molar-refractivity contribution in [2.24, 2.45) is 0 Å². The van der Waals surface area contributed by atoms with Crippen molar-refractivity contribution < 1.29 is 9.84 Å². The van der Waals surface area contributed by atoms with E-state index in [1.807, 2.05) is 26.0 Å². The summed E-state index contributed by atoms with van der Waals surface area (Å²) in [6.07, 6.45) is 0.517. The van der Waals surface area contributed by atoms with Crippen LogP contribution in [0.1, 0.15) is 38.8 Å². The lowest BCUT2D eigenvalue weighted by Gasteiger charge is -2.17. The lowest BCUT2D eigenvalue weighted by molar-refractivity contribution is 0.164. The van der Waals surface area contributed by atoms with E-state index in [-0.39, 0.29) is 12.1 Å². The smallest absolute Gasteiger partial charge is 0.119 e. The quantitative estimate of drug-likeness (QED) is 0.765. The number of rotatable bonds is 7. The summed E-state index contributed by atoms with van der Waals surface area (Å²) in [6.45, 7) is 7.37. The third kappa shape index (κ3) is 4.75. The zero-order chi connectivity index (χ0) is 12.7. The second kappa shape index (κ2) is 7.30. The van der Waals surface area contributed by atoms with Crippen molar-refractivity contribution >= 4 is 0 Å². The van der Waals surface area contributed by atoms with Crippen molar-refractivity contribution in [1.29, 1.82) is 0 Å². The number of nitrogens with one attached hydrogen (secondary N) is 1. The Labute approximate surface area is 104 Å². The topological polar surface area (TPSA) is 41.5 Å². The number of aliphatic hydroxyl groups excluding tert-OH is 1. The highest BCUT2D eigenvalue weighted by Gasteiger charge is 2.07. The predicted molar refractivity (Wildman–Crippen MR) is 70.3 cm³/mol. The molecule has 0 radical (unpaired) electrons. The van der Waals surface area contributed by atoms with Gasteiger partial charge in [-0.1, -0.05) is 19.1 Å². The van der Waals surface area contributed by atoms with Crippen molar-refractivity contribution in [1.82, 2.24) is 5.32 Å². The molecule has 96 valence electrons. The summed E-state index contributed by atoms with van der Waals surface area (Å²) in [5, 5.41) is 12.8. The Morgan fingerprint density at radius 3 is 2.41 bits per heavy atom. The molecule has 0 saturated heterocycles. The normalized spacial score (nSPS) is 14.4. The van der Waals surface area contributed by atoms with Gasteiger partial charge in [0.25, 0.3) is 0 Å². The first-order chi connectivity index (χ1) is 8.17. The maximum absolute atomic E-state index is 9.49. The summed E-state index contributed by atoms with van der Waals surface area (Å²) >= 11 is 0. The van der Waals surface area contributed by atoms with Gasteiger partial charge in [0, 0.05) is 12.6 Å². The number of hydrogen-bond acceptors (Lipinski definition) is 3. The molecule has 1 aromatic rings. The van der Waals surface area contributed by atoms with Gasteiger partial charge in [-0.15, -0.1) is 0 Å². The van der Waals surface area contributed by atoms with Gasteiger partial charge in [-0.05, 0) is 38.0 Å². The average Bonchev–Trinajstić information content (AvgIpc) is 2.36. The molecule has 1 rings (SSSR count). The number of benzene rings is 1. The largest absolute Gasteiger partial charge is 0.494 e. The number of aliphatic hydroxyl groups is 1. The van der Waals surface area contributed by atoms with E-state index in [2.05, 4.69) is 24.4 Å². The lowest BCUT2D eigenvalue weighted by Crippen LogP contribution is -2.28. The van der Waals surface area contributed by atoms with Gasteiger partial charge in [-0.25, -0.2) is 0 Å². The first-order valence-corrected chi connectivity index (χ1v) is 6.31. The van der Waals surface area contributed by atoms with Crippen LogP contribution in [0.15, 0.2) is 24.3 Å². The van der Waals surface area contributed by atoms with Crippen LogP contribution in [0.25, 0.3) is 0 Å². The molecule has 0 aliphatic heterocycles. The minimum absolute atomic E-state index is 0.242. The van der Waals surface area contributed by atoms with Crippen LogP contribution in [0.4, 0.5) is 0 Å². The molecule has 2 atom stereocenters. The van der Waals surface area contributed by atoms with Gasteiger partial charge in [0.15, 0.2) is 0 Å². The molecule has 0 aliphatic rings. The molecule has 2 N–H and O–H groups in total. The van der Waals surface area contributed by atoms with Crippen LogP contribution in [0.5, 0.6) is 5.75 Å². The summed E-state index contributed by atoms with van der Waals surface area (Å²) in [7, 11) is 0. The summed E-state index contributed by atoms with van der Waals surface area (Å²) in [6, 6.07) is 8.31. The fraction of sp³-hybridized carbons (Fsp3) is 0.571. The maximum Gasteiger partial charge on any atom is 0.119 e. The fourth-order valence-corrected chi connectivity index (χ4v) is 1.59. The predicted octanol–water partition coefficient (Wildman–Crippen LogP) is 2.51. The van der Waals surface area contributed by atoms with Crippen LogP contribution < -0.4 is 10.1 Å². The molecule has 3 nitrogen and oxygen atoms in total. The van der Waals surface area contributed by atoms with Crippen molar-refractivity contribution in [2.45, 2.75) is 39.3 Å². The van der Waals surface area contributed by atoms with Crippen LogP contribution in [-0.2, 0) is 0 Å². The van der Waals surface area contributed by atoms with Gasteiger partial charge in [0.05, 0.1) is 12.7 Å². The molecule has 1 aromatic carbocycles. The molecule has 0 heterocycles. The molecule has 0 aliphatic carbocycles. The third-order valence-electron chi connectivity index (χ3n) is 2.82. The van der Waals surface area contributed by atoms with Gasteiger partial charge >= 0.3 is 0 Å². The second-order valence-corrected chi connectivity index (χ2v) is 4.19. The Morgan fingerprint density at radius 1 is 1.24 bits per heavy atom. The summed E-state index contributed by atoms with van der Waals surface area (Å²) in [5.74, 6) is 0.900. The van der Waals surface area contributed by atoms with Gasteiger partial charge in [0.2, 0.25) is 0 Å². The van der Waals surface area contributed by atoms with Crippen LogP contribution in [0.3, 0.4) is 0 Å². The highest BCUT2D eigenvalue weighted by Crippen LogP contribution is 2.17. The SMILES string of the molecule is CCOc1ccc(C(C)NCC(O)CC)cc1. The molecule has 0 fully saturated rings. The van der Waals surface area contributed by atoms with Gasteiger partial charge in [0.1, 0.15) is 5.75 Å². The van der Waals surface area contributed by atoms with Gasteiger partial charge in [-0.2, -0.15) is 0 Å². The van der Waals surface area contributed by atoms with E-state index in [4.69, 9.17) is 4.74 Å². The zero-order valence-corrected chi connectivity index (χ0v) is 10.9. The molecule has 2 unspecified atom stereocenters. The first kappa shape index (κ1) is 14.0. The molecule has 17 heavy (non-hydrogen) atoms. The van der Waals surface area contributed by atoms with E-state index in [0.29, 0.717) is 13.2 Å². The monoisotopic (exact) mass is 237 g/mol. The molecule has 0 aromatic heterocycles. The van der Waals surface area contributed by atoms with Gasteiger partial charge < -0.3 is 15.2 Å². The standard InChI is InChI=1S/C14H23NO2/c1-4-13(16)10-15-11(3)12-6-8-14(9-7-12)17-5-2/h6-9,11,13,15-16H,4-5,10H2,1-3H3. The Hall–Kier alpha value is -1.06.